The number of phenolic OH excluding ortho intramolecular Hbond substituents is 1. The normalized spacial score (nSPS) is 28.8. The minimum atomic E-state index is -1.92. The Morgan fingerprint density at radius 3 is 2.31 bits per heavy atom. The highest BCUT2D eigenvalue weighted by Crippen LogP contribution is 2.28. The van der Waals surface area contributed by atoms with Crippen molar-refractivity contribution in [3.05, 3.63) is 59.1 Å². The van der Waals surface area contributed by atoms with E-state index in [1.54, 1.807) is 0 Å². The SMILES string of the molecule is O=C1C=C(O)C(C(=O)/C=C/c2ccc(O)cc2)=C(OC2OC(CO)C(O)C(O)C2O)C1=O. The molecule has 170 valence electrons. The minimum absolute atomic E-state index is 0.00312. The first kappa shape index (κ1) is 23.3. The van der Waals surface area contributed by atoms with Gasteiger partial charge in [0, 0.05) is 6.08 Å². The number of ketones is 3. The van der Waals surface area contributed by atoms with E-state index in [4.69, 9.17) is 9.47 Å². The standard InChI is InChI=1S/C21H20O11/c22-8-14-17(28)18(29)19(30)21(31-14)32-20-15(12(25)7-13(26)16(20)27)11(24)6-3-9-1-4-10(23)5-2-9/h1-7,14,17-19,21-23,25,28-30H,8H2/b6-3+. The van der Waals surface area contributed by atoms with Gasteiger partial charge in [0.05, 0.1) is 6.61 Å². The fourth-order valence-corrected chi connectivity index (χ4v) is 3.08. The molecular formula is C21H20O11. The van der Waals surface area contributed by atoms with E-state index in [0.717, 1.165) is 6.08 Å². The van der Waals surface area contributed by atoms with Gasteiger partial charge in [0.25, 0.3) is 5.78 Å². The van der Waals surface area contributed by atoms with Gasteiger partial charge in [-0.3, -0.25) is 14.4 Å². The molecule has 5 atom stereocenters. The number of carbonyl (C=O) groups is 3. The summed E-state index contributed by atoms with van der Waals surface area (Å²) in [6.45, 7) is -0.775. The molecule has 3 rings (SSSR count). The van der Waals surface area contributed by atoms with E-state index >= 15 is 0 Å². The Balaban J connectivity index is 1.94. The lowest BCUT2D eigenvalue weighted by Gasteiger charge is -2.39. The maximum absolute atomic E-state index is 12.7. The van der Waals surface area contributed by atoms with Crippen molar-refractivity contribution in [3.63, 3.8) is 0 Å². The van der Waals surface area contributed by atoms with Crippen LogP contribution in [0.3, 0.4) is 0 Å². The Kier molecular flexibility index (Phi) is 6.87. The number of aromatic hydroxyl groups is 1. The molecular weight excluding hydrogens is 428 g/mol. The van der Waals surface area contributed by atoms with Crippen molar-refractivity contribution in [2.45, 2.75) is 30.7 Å². The van der Waals surface area contributed by atoms with Gasteiger partial charge in [0.15, 0.2) is 11.5 Å². The molecule has 0 amide bonds. The highest BCUT2D eigenvalue weighted by molar-refractivity contribution is 6.49. The quantitative estimate of drug-likeness (QED) is 0.171. The summed E-state index contributed by atoms with van der Waals surface area (Å²) in [7, 11) is 0. The number of hydrogen-bond donors (Lipinski definition) is 6. The van der Waals surface area contributed by atoms with Crippen LogP contribution < -0.4 is 0 Å². The number of ether oxygens (including phenoxy) is 2. The van der Waals surface area contributed by atoms with Crippen LogP contribution in [0.1, 0.15) is 5.56 Å². The van der Waals surface area contributed by atoms with Gasteiger partial charge in [-0.05, 0) is 23.8 Å². The summed E-state index contributed by atoms with van der Waals surface area (Å²) in [5.74, 6) is -5.26. The van der Waals surface area contributed by atoms with Crippen LogP contribution in [0.15, 0.2) is 53.5 Å². The first-order valence-corrected chi connectivity index (χ1v) is 9.36. The average molecular weight is 448 g/mol. The number of rotatable bonds is 6. The summed E-state index contributed by atoms with van der Waals surface area (Å²) in [5.41, 5.74) is -0.198. The van der Waals surface area contributed by atoms with E-state index in [0.29, 0.717) is 11.6 Å². The first-order valence-electron chi connectivity index (χ1n) is 9.36. The lowest BCUT2D eigenvalue weighted by molar-refractivity contribution is -0.290. The van der Waals surface area contributed by atoms with Crippen LogP contribution >= 0.6 is 0 Å². The summed E-state index contributed by atoms with van der Waals surface area (Å²) in [6.07, 6.45) is -5.85. The number of Topliss-reactive ketones (excluding diaryl/α,β-unsaturated/α-hetero) is 1. The van der Waals surface area contributed by atoms with Gasteiger partial charge in [-0.2, -0.15) is 0 Å². The fraction of sp³-hybridized carbons (Fsp3) is 0.286. The molecule has 1 saturated heterocycles. The van der Waals surface area contributed by atoms with Crippen molar-refractivity contribution in [2.75, 3.05) is 6.61 Å². The molecule has 2 aliphatic rings. The van der Waals surface area contributed by atoms with E-state index in [1.165, 1.54) is 30.3 Å². The highest BCUT2D eigenvalue weighted by atomic mass is 16.7. The molecule has 1 heterocycles. The lowest BCUT2D eigenvalue weighted by Crippen LogP contribution is -2.59. The first-order chi connectivity index (χ1) is 15.1. The molecule has 0 radical (unpaired) electrons. The molecule has 11 heteroatoms. The Morgan fingerprint density at radius 1 is 1.03 bits per heavy atom. The zero-order chi connectivity index (χ0) is 23.6. The Labute approximate surface area is 180 Å². The molecule has 6 N–H and O–H groups in total. The number of carbonyl (C=O) groups excluding carboxylic acids is 3. The number of phenols is 1. The molecule has 32 heavy (non-hydrogen) atoms. The van der Waals surface area contributed by atoms with Gasteiger partial charge in [-0.25, -0.2) is 0 Å². The molecule has 1 aromatic carbocycles. The second-order valence-corrected chi connectivity index (χ2v) is 7.03. The van der Waals surface area contributed by atoms with Crippen molar-refractivity contribution in [1.29, 1.82) is 0 Å². The van der Waals surface area contributed by atoms with Crippen molar-refractivity contribution in [1.82, 2.24) is 0 Å². The largest absolute Gasteiger partial charge is 0.508 e. The van der Waals surface area contributed by atoms with Crippen molar-refractivity contribution in [2.24, 2.45) is 0 Å². The average Bonchev–Trinajstić information content (AvgIpc) is 2.76. The topological polar surface area (TPSA) is 191 Å². The van der Waals surface area contributed by atoms with E-state index in [9.17, 15) is 45.0 Å². The third-order valence-corrected chi connectivity index (χ3v) is 4.83. The summed E-state index contributed by atoms with van der Waals surface area (Å²) in [5, 5.41) is 58.5. The van der Waals surface area contributed by atoms with Crippen LogP contribution in [-0.2, 0) is 23.9 Å². The number of hydrogen-bond acceptors (Lipinski definition) is 11. The molecule has 0 spiro atoms. The summed E-state index contributed by atoms with van der Waals surface area (Å²) in [6, 6.07) is 5.72. The van der Waals surface area contributed by atoms with Gasteiger partial charge in [0.1, 0.15) is 41.5 Å². The number of allylic oxidation sites excluding steroid dienone is 4. The lowest BCUT2D eigenvalue weighted by atomic mass is 9.96. The van der Waals surface area contributed by atoms with Gasteiger partial charge >= 0.3 is 0 Å². The van der Waals surface area contributed by atoms with Crippen LogP contribution in [0.2, 0.25) is 0 Å². The van der Waals surface area contributed by atoms with Crippen LogP contribution in [0, 0.1) is 0 Å². The maximum Gasteiger partial charge on any atom is 0.268 e. The molecule has 1 fully saturated rings. The van der Waals surface area contributed by atoms with E-state index in [2.05, 4.69) is 0 Å². The third-order valence-electron chi connectivity index (χ3n) is 4.83. The number of aliphatic hydroxyl groups is 5. The smallest absolute Gasteiger partial charge is 0.268 e. The van der Waals surface area contributed by atoms with Gasteiger partial charge in [-0.15, -0.1) is 0 Å². The predicted molar refractivity (Wildman–Crippen MR) is 105 cm³/mol. The monoisotopic (exact) mass is 448 g/mol. The molecule has 1 aliphatic carbocycles. The van der Waals surface area contributed by atoms with Crippen LogP contribution in [0.4, 0.5) is 0 Å². The summed E-state index contributed by atoms with van der Waals surface area (Å²) >= 11 is 0. The zero-order valence-electron chi connectivity index (χ0n) is 16.4. The Hall–Kier alpha value is -3.35. The molecule has 5 unspecified atom stereocenters. The van der Waals surface area contributed by atoms with E-state index < -0.39 is 71.8 Å². The van der Waals surface area contributed by atoms with Crippen LogP contribution in [0.25, 0.3) is 6.08 Å². The molecule has 0 bridgehead atoms. The second kappa shape index (κ2) is 9.42. The molecule has 11 nitrogen and oxygen atoms in total. The zero-order valence-corrected chi connectivity index (χ0v) is 16.4. The van der Waals surface area contributed by atoms with Crippen LogP contribution in [-0.4, -0.2) is 85.3 Å². The Bertz CT molecular complexity index is 1000. The van der Waals surface area contributed by atoms with Gasteiger partial charge < -0.3 is 40.1 Å². The molecule has 1 aliphatic heterocycles. The van der Waals surface area contributed by atoms with E-state index in [1.807, 2.05) is 0 Å². The predicted octanol–water partition coefficient (Wildman–Crippen LogP) is -1.36. The van der Waals surface area contributed by atoms with Gasteiger partial charge in [0.2, 0.25) is 12.1 Å². The molecule has 0 saturated carbocycles. The summed E-state index contributed by atoms with van der Waals surface area (Å²) in [4.78, 5) is 37.0. The van der Waals surface area contributed by atoms with Crippen molar-refractivity contribution in [3.8, 4) is 5.75 Å². The number of benzene rings is 1. The number of aliphatic hydroxyl groups excluding tert-OH is 5. The minimum Gasteiger partial charge on any atom is -0.508 e. The Morgan fingerprint density at radius 2 is 1.69 bits per heavy atom. The summed E-state index contributed by atoms with van der Waals surface area (Å²) < 4.78 is 10.4. The maximum atomic E-state index is 12.7. The highest BCUT2D eigenvalue weighted by Gasteiger charge is 2.46. The van der Waals surface area contributed by atoms with Crippen LogP contribution in [0.5, 0.6) is 5.75 Å². The van der Waals surface area contributed by atoms with Crippen molar-refractivity contribution >= 4 is 23.4 Å². The van der Waals surface area contributed by atoms with Gasteiger partial charge in [-0.1, -0.05) is 18.2 Å². The third kappa shape index (κ3) is 4.61. The van der Waals surface area contributed by atoms with E-state index in [-0.39, 0.29) is 5.75 Å². The second-order valence-electron chi connectivity index (χ2n) is 7.03. The van der Waals surface area contributed by atoms with Crippen molar-refractivity contribution < 1.29 is 54.5 Å². The fourth-order valence-electron chi connectivity index (χ4n) is 3.08. The molecule has 0 aromatic heterocycles. The molecule has 1 aromatic rings.